The van der Waals surface area contributed by atoms with Crippen molar-refractivity contribution in [2.75, 3.05) is 18.0 Å². The van der Waals surface area contributed by atoms with E-state index in [0.29, 0.717) is 18.8 Å². The molecule has 2 N–H and O–H groups in total. The van der Waals surface area contributed by atoms with Crippen molar-refractivity contribution in [1.29, 1.82) is 0 Å². The molecule has 2 fully saturated rings. The van der Waals surface area contributed by atoms with Gasteiger partial charge in [0.1, 0.15) is 5.54 Å². The van der Waals surface area contributed by atoms with Crippen LogP contribution in [0.2, 0.25) is 0 Å². The van der Waals surface area contributed by atoms with Gasteiger partial charge in [-0.3, -0.25) is 15.0 Å². The van der Waals surface area contributed by atoms with Crippen molar-refractivity contribution >= 4 is 23.5 Å². The molecule has 0 bridgehead atoms. The normalized spacial score (nSPS) is 27.0. The fraction of sp³-hybridized carbons (Fsp3) is 0.571. The van der Waals surface area contributed by atoms with Gasteiger partial charge in [-0.15, -0.1) is 0 Å². The zero-order valence-corrected chi connectivity index (χ0v) is 16.6. The topological polar surface area (TPSA) is 81.8 Å². The standard InChI is InChI=1S/C21H28N4O3/c1-14-7-9-21(10-8-14)19(27)25(20(28)22-21)23-18(26)13-24-11-3-4-16-12-15(2)5-6-17(16)24/h5-6,12,14H,3-4,7-11,13H2,1-2H3,(H,22,28)(H,23,26). The molecule has 0 atom stereocenters. The van der Waals surface area contributed by atoms with Crippen LogP contribution in [0.5, 0.6) is 0 Å². The molecule has 0 aromatic heterocycles. The number of rotatable bonds is 3. The summed E-state index contributed by atoms with van der Waals surface area (Å²) in [6.45, 7) is 5.12. The third-order valence-electron chi connectivity index (χ3n) is 6.31. The number of hydrogen-bond donors (Lipinski definition) is 2. The molecule has 1 spiro atoms. The third kappa shape index (κ3) is 3.34. The van der Waals surface area contributed by atoms with Gasteiger partial charge in [0.25, 0.3) is 11.8 Å². The highest BCUT2D eigenvalue weighted by Gasteiger charge is 2.52. The van der Waals surface area contributed by atoms with E-state index in [1.807, 2.05) is 17.0 Å². The van der Waals surface area contributed by atoms with E-state index in [1.54, 1.807) is 0 Å². The molecular formula is C21H28N4O3. The molecule has 28 heavy (non-hydrogen) atoms. The van der Waals surface area contributed by atoms with E-state index in [-0.39, 0.29) is 18.4 Å². The summed E-state index contributed by atoms with van der Waals surface area (Å²) in [4.78, 5) is 39.9. The first-order valence-corrected chi connectivity index (χ1v) is 10.2. The number of aryl methyl sites for hydroxylation is 2. The Labute approximate surface area is 165 Å². The molecule has 4 rings (SSSR count). The van der Waals surface area contributed by atoms with Crippen LogP contribution < -0.4 is 15.6 Å². The number of imide groups is 1. The first-order chi connectivity index (χ1) is 13.4. The largest absolute Gasteiger partial charge is 0.362 e. The van der Waals surface area contributed by atoms with Crippen molar-refractivity contribution in [2.45, 2.75) is 57.9 Å². The Balaban J connectivity index is 1.42. The van der Waals surface area contributed by atoms with Crippen molar-refractivity contribution in [3.63, 3.8) is 0 Å². The Morgan fingerprint density at radius 3 is 2.79 bits per heavy atom. The average Bonchev–Trinajstić information content (AvgIpc) is 2.88. The quantitative estimate of drug-likeness (QED) is 0.784. The number of amides is 4. The fourth-order valence-corrected chi connectivity index (χ4v) is 4.62. The van der Waals surface area contributed by atoms with Crippen LogP contribution in [0.4, 0.5) is 10.5 Å². The zero-order chi connectivity index (χ0) is 19.9. The molecule has 1 aromatic carbocycles. The Morgan fingerprint density at radius 2 is 2.04 bits per heavy atom. The van der Waals surface area contributed by atoms with Gasteiger partial charge < -0.3 is 10.2 Å². The minimum atomic E-state index is -0.841. The number of benzene rings is 1. The van der Waals surface area contributed by atoms with Crippen LogP contribution in [-0.2, 0) is 16.0 Å². The summed E-state index contributed by atoms with van der Waals surface area (Å²) in [5.41, 5.74) is 5.20. The number of nitrogens with one attached hydrogen (secondary N) is 2. The highest BCUT2D eigenvalue weighted by molar-refractivity contribution is 6.08. The number of hydrogen-bond acceptors (Lipinski definition) is 4. The van der Waals surface area contributed by atoms with Crippen LogP contribution in [0.25, 0.3) is 0 Å². The van der Waals surface area contributed by atoms with E-state index in [4.69, 9.17) is 0 Å². The summed E-state index contributed by atoms with van der Waals surface area (Å²) in [6, 6.07) is 5.72. The van der Waals surface area contributed by atoms with Gasteiger partial charge in [0.05, 0.1) is 6.54 Å². The predicted octanol–water partition coefficient (Wildman–Crippen LogP) is 2.28. The van der Waals surface area contributed by atoms with Gasteiger partial charge >= 0.3 is 6.03 Å². The maximum atomic E-state index is 12.9. The summed E-state index contributed by atoms with van der Waals surface area (Å²) in [5, 5.41) is 3.72. The molecule has 7 nitrogen and oxygen atoms in total. The molecule has 1 aromatic rings. The number of hydrazine groups is 1. The SMILES string of the molecule is Cc1ccc2c(c1)CCCN2CC(=O)NN1C(=O)NC2(CCC(C)CC2)C1=O. The number of carbonyl (C=O) groups excluding carboxylic acids is 3. The fourth-order valence-electron chi connectivity index (χ4n) is 4.62. The van der Waals surface area contributed by atoms with E-state index in [0.717, 1.165) is 42.9 Å². The molecule has 0 radical (unpaired) electrons. The van der Waals surface area contributed by atoms with Crippen molar-refractivity contribution in [3.8, 4) is 0 Å². The first kappa shape index (κ1) is 18.8. The summed E-state index contributed by atoms with van der Waals surface area (Å²) >= 11 is 0. The van der Waals surface area contributed by atoms with E-state index in [1.165, 1.54) is 11.1 Å². The molecule has 7 heteroatoms. The highest BCUT2D eigenvalue weighted by Crippen LogP contribution is 2.35. The van der Waals surface area contributed by atoms with Crippen LogP contribution >= 0.6 is 0 Å². The summed E-state index contributed by atoms with van der Waals surface area (Å²) in [5.74, 6) is -0.118. The third-order valence-corrected chi connectivity index (χ3v) is 6.31. The van der Waals surface area contributed by atoms with Gasteiger partial charge in [-0.2, -0.15) is 5.01 Å². The van der Waals surface area contributed by atoms with Crippen LogP contribution in [0.15, 0.2) is 18.2 Å². The molecule has 2 heterocycles. The van der Waals surface area contributed by atoms with Gasteiger partial charge in [-0.1, -0.05) is 24.6 Å². The molecule has 0 unspecified atom stereocenters. The lowest BCUT2D eigenvalue weighted by Gasteiger charge is -2.33. The Kier molecular flexibility index (Phi) is 4.77. The summed E-state index contributed by atoms with van der Waals surface area (Å²) in [6.07, 6.45) is 5.04. The Bertz CT molecular complexity index is 814. The number of fused-ring (bicyclic) bond motifs is 1. The lowest BCUT2D eigenvalue weighted by molar-refractivity contribution is -0.139. The van der Waals surface area contributed by atoms with E-state index < -0.39 is 11.6 Å². The molecule has 1 aliphatic carbocycles. The van der Waals surface area contributed by atoms with Gasteiger partial charge in [0.15, 0.2) is 0 Å². The minimum Gasteiger partial charge on any atom is -0.362 e. The predicted molar refractivity (Wildman–Crippen MR) is 106 cm³/mol. The number of anilines is 1. The van der Waals surface area contributed by atoms with E-state index in [9.17, 15) is 14.4 Å². The number of urea groups is 1. The maximum absolute atomic E-state index is 12.9. The summed E-state index contributed by atoms with van der Waals surface area (Å²) in [7, 11) is 0. The molecule has 1 saturated carbocycles. The smallest absolute Gasteiger partial charge is 0.344 e. The van der Waals surface area contributed by atoms with Crippen LogP contribution in [-0.4, -0.2) is 41.5 Å². The molecular weight excluding hydrogens is 356 g/mol. The van der Waals surface area contributed by atoms with Crippen molar-refractivity contribution < 1.29 is 14.4 Å². The monoisotopic (exact) mass is 384 g/mol. The average molecular weight is 384 g/mol. The first-order valence-electron chi connectivity index (χ1n) is 10.2. The molecule has 150 valence electrons. The van der Waals surface area contributed by atoms with Gasteiger partial charge in [-0.25, -0.2) is 4.79 Å². The zero-order valence-electron chi connectivity index (χ0n) is 16.6. The van der Waals surface area contributed by atoms with Gasteiger partial charge in [0.2, 0.25) is 0 Å². The van der Waals surface area contributed by atoms with E-state index >= 15 is 0 Å². The minimum absolute atomic E-state index is 0.122. The number of nitrogens with zero attached hydrogens (tertiary/aromatic N) is 2. The van der Waals surface area contributed by atoms with Crippen LogP contribution in [0, 0.1) is 12.8 Å². The Hall–Kier alpha value is -2.57. The van der Waals surface area contributed by atoms with Crippen molar-refractivity contribution in [1.82, 2.24) is 15.8 Å². The van der Waals surface area contributed by atoms with Gasteiger partial charge in [-0.05, 0) is 63.0 Å². The molecule has 4 amide bonds. The number of carbonyl (C=O) groups is 3. The summed E-state index contributed by atoms with van der Waals surface area (Å²) < 4.78 is 0. The molecule has 1 saturated heterocycles. The molecule has 3 aliphatic rings. The lowest BCUT2D eigenvalue weighted by Crippen LogP contribution is -2.53. The second-order valence-corrected chi connectivity index (χ2v) is 8.53. The second kappa shape index (κ2) is 7.11. The van der Waals surface area contributed by atoms with E-state index in [2.05, 4.69) is 30.7 Å². The van der Waals surface area contributed by atoms with Crippen molar-refractivity contribution in [2.24, 2.45) is 5.92 Å². The van der Waals surface area contributed by atoms with Crippen LogP contribution in [0.1, 0.15) is 50.2 Å². The van der Waals surface area contributed by atoms with Gasteiger partial charge in [0, 0.05) is 12.2 Å². The van der Waals surface area contributed by atoms with Crippen molar-refractivity contribution in [3.05, 3.63) is 29.3 Å². The Morgan fingerprint density at radius 1 is 1.29 bits per heavy atom. The molecule has 2 aliphatic heterocycles. The highest BCUT2D eigenvalue weighted by atomic mass is 16.2. The second-order valence-electron chi connectivity index (χ2n) is 8.53. The maximum Gasteiger partial charge on any atom is 0.344 e. The van der Waals surface area contributed by atoms with Crippen LogP contribution in [0.3, 0.4) is 0 Å². The lowest BCUT2D eigenvalue weighted by atomic mass is 9.77.